The van der Waals surface area contributed by atoms with Crippen LogP contribution >= 0.6 is 11.8 Å². The van der Waals surface area contributed by atoms with Gasteiger partial charge in [-0.3, -0.25) is 0 Å². The molecule has 0 aliphatic heterocycles. The lowest BCUT2D eigenvalue weighted by Crippen LogP contribution is -2.52. The van der Waals surface area contributed by atoms with Crippen molar-refractivity contribution in [3.05, 3.63) is 53.1 Å². The topological polar surface area (TPSA) is 29.5 Å². The van der Waals surface area contributed by atoms with Crippen molar-refractivity contribution in [3.63, 3.8) is 0 Å². The fourth-order valence-electron chi connectivity index (χ4n) is 7.43. The third-order valence-electron chi connectivity index (χ3n) is 9.62. The molecule has 2 aromatic rings. The summed E-state index contributed by atoms with van der Waals surface area (Å²) in [4.78, 5) is 1.03. The molecule has 0 bridgehead atoms. The number of rotatable bonds is 3. The predicted molar refractivity (Wildman–Crippen MR) is 139 cm³/mol. The Kier molecular flexibility index (Phi) is 5.59. The van der Waals surface area contributed by atoms with E-state index in [4.69, 9.17) is 4.74 Å². The van der Waals surface area contributed by atoms with Gasteiger partial charge >= 0.3 is 0 Å². The molecule has 0 heterocycles. The van der Waals surface area contributed by atoms with Crippen molar-refractivity contribution in [2.75, 3.05) is 6.26 Å². The van der Waals surface area contributed by atoms with Gasteiger partial charge in [0.2, 0.25) is 0 Å². The second-order valence-corrected chi connectivity index (χ2v) is 13.1. The highest BCUT2D eigenvalue weighted by molar-refractivity contribution is 7.98. The molecule has 3 heteroatoms. The fraction of sp³-hybridized carbons (Fsp3) is 0.600. The quantitative estimate of drug-likeness (QED) is 0.465. The number of hydrogen-bond donors (Lipinski definition) is 1. The predicted octanol–water partition coefficient (Wildman–Crippen LogP) is 8.11. The zero-order valence-electron chi connectivity index (χ0n) is 21.2. The maximum atomic E-state index is 10.4. The van der Waals surface area contributed by atoms with Gasteiger partial charge in [0.25, 0.3) is 0 Å². The van der Waals surface area contributed by atoms with Crippen molar-refractivity contribution in [2.24, 2.45) is 17.3 Å². The molecular weight excluding hydrogens is 424 g/mol. The van der Waals surface area contributed by atoms with Crippen LogP contribution in [0, 0.1) is 17.3 Å². The highest BCUT2D eigenvalue weighted by Gasteiger charge is 2.61. The molecule has 33 heavy (non-hydrogen) atoms. The summed E-state index contributed by atoms with van der Waals surface area (Å²) in [6.07, 6.45) is 9.24. The number of hydrogen-bond acceptors (Lipinski definition) is 3. The Labute approximate surface area is 204 Å². The molecule has 0 radical (unpaired) electrons. The first-order valence-electron chi connectivity index (χ1n) is 12.7. The van der Waals surface area contributed by atoms with E-state index in [0.29, 0.717) is 17.6 Å². The lowest BCUT2D eigenvalue weighted by molar-refractivity contribution is -0.0733. The number of ether oxygens (including phenoxy) is 1. The summed E-state index contributed by atoms with van der Waals surface area (Å²) in [6.45, 7) is 11.7. The lowest BCUT2D eigenvalue weighted by Gasteiger charge is -2.53. The van der Waals surface area contributed by atoms with E-state index >= 15 is 0 Å². The Morgan fingerprint density at radius 3 is 2.39 bits per heavy atom. The van der Waals surface area contributed by atoms with Crippen molar-refractivity contribution in [2.45, 2.75) is 95.0 Å². The average Bonchev–Trinajstić information content (AvgIpc) is 3.03. The van der Waals surface area contributed by atoms with Crippen LogP contribution in [0.1, 0.15) is 89.3 Å². The monoisotopic (exact) mass is 464 g/mol. The van der Waals surface area contributed by atoms with Gasteiger partial charge in [-0.2, -0.15) is 0 Å². The number of benzene rings is 2. The van der Waals surface area contributed by atoms with Crippen LogP contribution in [0.5, 0.6) is 11.5 Å². The zero-order chi connectivity index (χ0) is 23.6. The Bertz CT molecular complexity index is 1040. The zero-order valence-corrected chi connectivity index (χ0v) is 22.0. The van der Waals surface area contributed by atoms with Crippen LogP contribution in [0.25, 0.3) is 0 Å². The van der Waals surface area contributed by atoms with Crippen molar-refractivity contribution >= 4 is 11.8 Å². The number of phenols is 1. The summed E-state index contributed by atoms with van der Waals surface area (Å²) in [6, 6.07) is 13.2. The summed E-state index contributed by atoms with van der Waals surface area (Å²) in [5, 5.41) is 10.4. The third kappa shape index (κ3) is 3.70. The average molecular weight is 465 g/mol. The Morgan fingerprint density at radius 2 is 1.73 bits per heavy atom. The van der Waals surface area contributed by atoms with Crippen LogP contribution in [0.3, 0.4) is 0 Å². The van der Waals surface area contributed by atoms with Crippen LogP contribution < -0.4 is 4.74 Å². The minimum Gasteiger partial charge on any atom is -0.507 e. The minimum absolute atomic E-state index is 0.119. The van der Waals surface area contributed by atoms with Gasteiger partial charge in [-0.15, -0.1) is 11.8 Å². The molecule has 2 nitrogen and oxygen atoms in total. The third-order valence-corrected chi connectivity index (χ3v) is 10.4. The molecule has 0 saturated heterocycles. The molecule has 2 fully saturated rings. The van der Waals surface area contributed by atoms with Crippen LogP contribution in [0.15, 0.2) is 41.3 Å². The van der Waals surface area contributed by atoms with Gasteiger partial charge in [0.1, 0.15) is 17.1 Å². The van der Waals surface area contributed by atoms with Crippen LogP contribution in [0.2, 0.25) is 0 Å². The Balaban J connectivity index is 1.40. The minimum atomic E-state index is -0.119. The number of aryl methyl sites for hydroxylation is 1. The molecule has 178 valence electrons. The van der Waals surface area contributed by atoms with Crippen LogP contribution in [0.4, 0.5) is 0 Å². The van der Waals surface area contributed by atoms with Crippen LogP contribution in [-0.4, -0.2) is 17.0 Å². The Morgan fingerprint density at radius 1 is 1.00 bits per heavy atom. The van der Waals surface area contributed by atoms with E-state index in [9.17, 15) is 5.11 Å². The molecule has 0 aromatic heterocycles. The number of phenolic OH excluding ortho intramolecular Hbond substituents is 1. The molecule has 2 aromatic carbocycles. The molecule has 0 spiro atoms. The van der Waals surface area contributed by atoms with E-state index in [0.717, 1.165) is 29.4 Å². The molecular formula is C30H40O2S. The first-order chi connectivity index (χ1) is 15.6. The van der Waals surface area contributed by atoms with Crippen molar-refractivity contribution in [1.82, 2.24) is 0 Å². The van der Waals surface area contributed by atoms with Crippen molar-refractivity contribution in [1.29, 1.82) is 0 Å². The largest absolute Gasteiger partial charge is 0.507 e. The van der Waals surface area contributed by atoms with E-state index in [1.54, 1.807) is 11.8 Å². The number of thioether (sulfide) groups is 1. The van der Waals surface area contributed by atoms with E-state index in [1.165, 1.54) is 42.4 Å². The molecule has 3 aliphatic rings. The molecule has 5 rings (SSSR count). The first-order valence-corrected chi connectivity index (χ1v) is 14.0. The number of fused-ring (bicyclic) bond motifs is 5. The van der Waals surface area contributed by atoms with Gasteiger partial charge in [0.05, 0.1) is 0 Å². The molecule has 3 aliphatic carbocycles. The molecule has 3 unspecified atom stereocenters. The van der Waals surface area contributed by atoms with Gasteiger partial charge in [0, 0.05) is 10.3 Å². The lowest BCUT2D eigenvalue weighted by atomic mass is 9.53. The van der Waals surface area contributed by atoms with Gasteiger partial charge < -0.3 is 9.84 Å². The highest BCUT2D eigenvalue weighted by Crippen LogP contribution is 2.65. The first kappa shape index (κ1) is 23.1. The van der Waals surface area contributed by atoms with E-state index < -0.39 is 0 Å². The maximum absolute atomic E-state index is 10.4. The van der Waals surface area contributed by atoms with Gasteiger partial charge in [-0.05, 0) is 116 Å². The van der Waals surface area contributed by atoms with E-state index in [1.807, 2.05) is 6.07 Å². The molecule has 1 N–H and O–H groups in total. The number of aromatic hydroxyl groups is 1. The summed E-state index contributed by atoms with van der Waals surface area (Å²) in [5.41, 5.74) is 4.50. The smallest absolute Gasteiger partial charge is 0.129 e. The summed E-state index contributed by atoms with van der Waals surface area (Å²) in [7, 11) is 0. The SMILES string of the molecule is CSc1cc2c(cc1O)CCC1C2CC[C@@]2(C)C1CC[C@]2(C)Oc1ccc(C(C)(C)C)cc1. The molecule has 2 saturated carbocycles. The van der Waals surface area contributed by atoms with Crippen molar-refractivity contribution in [3.8, 4) is 11.5 Å². The van der Waals surface area contributed by atoms with Crippen LogP contribution in [-0.2, 0) is 11.8 Å². The van der Waals surface area contributed by atoms with E-state index in [2.05, 4.69) is 71.2 Å². The summed E-state index contributed by atoms with van der Waals surface area (Å²) in [5.74, 6) is 3.54. The molecule has 0 amide bonds. The summed E-state index contributed by atoms with van der Waals surface area (Å²) < 4.78 is 6.87. The highest BCUT2D eigenvalue weighted by atomic mass is 32.2. The molecule has 5 atom stereocenters. The standard InChI is InChI=1S/C30H40O2S/c1-28(2,3)20-8-10-21(11-9-20)32-30(5)16-14-25-23-12-7-19-17-26(31)27(33-6)18-24(19)22(23)13-15-29(25,30)4/h8-11,17-18,22-23,25,31H,7,12-16H2,1-6H3/t22?,23?,25?,29-,30-/m0/s1. The Hall–Kier alpha value is -1.61. The van der Waals surface area contributed by atoms with Gasteiger partial charge in [-0.25, -0.2) is 0 Å². The van der Waals surface area contributed by atoms with Gasteiger partial charge in [-0.1, -0.05) is 39.8 Å². The summed E-state index contributed by atoms with van der Waals surface area (Å²) >= 11 is 1.66. The van der Waals surface area contributed by atoms with E-state index in [-0.39, 0.29) is 16.4 Å². The van der Waals surface area contributed by atoms with Gasteiger partial charge in [0.15, 0.2) is 0 Å². The second-order valence-electron chi connectivity index (χ2n) is 12.2. The van der Waals surface area contributed by atoms with Crippen molar-refractivity contribution < 1.29 is 9.84 Å². The second kappa shape index (κ2) is 7.97. The maximum Gasteiger partial charge on any atom is 0.129 e. The fourth-order valence-corrected chi connectivity index (χ4v) is 7.94. The normalized spacial score (nSPS) is 33.2.